The van der Waals surface area contributed by atoms with Gasteiger partial charge in [0.2, 0.25) is 0 Å². The largest absolute Gasteiger partial charge is 0.453 e. The van der Waals surface area contributed by atoms with E-state index in [4.69, 9.17) is 4.74 Å². The predicted molar refractivity (Wildman–Crippen MR) is 48.2 cm³/mol. The zero-order chi connectivity index (χ0) is 10.1. The normalized spacial score (nSPS) is 36.9. The molecule has 0 spiro atoms. The van der Waals surface area contributed by atoms with Gasteiger partial charge in [0.15, 0.2) is 0 Å². The van der Waals surface area contributed by atoms with E-state index < -0.39 is 11.8 Å². The van der Waals surface area contributed by atoms with Gasteiger partial charge in [0.1, 0.15) is 5.72 Å². The quantitative estimate of drug-likeness (QED) is 0.679. The van der Waals surface area contributed by atoms with E-state index in [1.54, 1.807) is 0 Å². The lowest BCUT2D eigenvalue weighted by molar-refractivity contribution is -0.00219. The van der Waals surface area contributed by atoms with Gasteiger partial charge < -0.3 is 9.47 Å². The number of hydrogen-bond donors (Lipinski definition) is 1. The standard InChI is InChI=1S/C9H17NO3/c1-5-13-9(6(2)7(9)3)10-8(11)12-4/h6-7H,5H2,1-4H3,(H,10,11)/t6-,7+,9?. The summed E-state index contributed by atoms with van der Waals surface area (Å²) < 4.78 is 10.1. The zero-order valence-corrected chi connectivity index (χ0v) is 8.59. The molecule has 0 bridgehead atoms. The second-order valence-electron chi connectivity index (χ2n) is 3.42. The van der Waals surface area contributed by atoms with E-state index >= 15 is 0 Å². The number of hydrogen-bond acceptors (Lipinski definition) is 3. The number of alkyl carbamates (subject to hydrolysis) is 1. The van der Waals surface area contributed by atoms with E-state index in [2.05, 4.69) is 23.9 Å². The third-order valence-corrected chi connectivity index (χ3v) is 2.86. The van der Waals surface area contributed by atoms with Crippen molar-refractivity contribution in [2.24, 2.45) is 11.8 Å². The van der Waals surface area contributed by atoms with E-state index in [1.165, 1.54) is 7.11 Å². The molecule has 4 heteroatoms. The van der Waals surface area contributed by atoms with Crippen molar-refractivity contribution in [3.63, 3.8) is 0 Å². The molecule has 0 radical (unpaired) electrons. The maximum absolute atomic E-state index is 11.0. The first kappa shape index (κ1) is 10.3. The van der Waals surface area contributed by atoms with Gasteiger partial charge in [-0.1, -0.05) is 13.8 Å². The van der Waals surface area contributed by atoms with Gasteiger partial charge in [-0.15, -0.1) is 0 Å². The molecule has 76 valence electrons. The molecule has 1 aliphatic rings. The lowest BCUT2D eigenvalue weighted by atomic mass is 10.4. The van der Waals surface area contributed by atoms with Crippen molar-refractivity contribution in [1.29, 1.82) is 0 Å². The summed E-state index contributed by atoms with van der Waals surface area (Å²) in [5, 5.41) is 2.73. The molecule has 1 aliphatic carbocycles. The number of rotatable bonds is 3. The van der Waals surface area contributed by atoms with Crippen LogP contribution >= 0.6 is 0 Å². The molecule has 1 N–H and O–H groups in total. The second kappa shape index (κ2) is 3.54. The Morgan fingerprint density at radius 1 is 1.46 bits per heavy atom. The van der Waals surface area contributed by atoms with Crippen LogP contribution in [-0.2, 0) is 9.47 Å². The highest BCUT2D eigenvalue weighted by atomic mass is 16.6. The number of carbonyl (C=O) groups is 1. The summed E-state index contributed by atoms with van der Waals surface area (Å²) in [6.07, 6.45) is -0.426. The summed E-state index contributed by atoms with van der Waals surface area (Å²) in [7, 11) is 1.35. The van der Waals surface area contributed by atoms with Crippen molar-refractivity contribution in [1.82, 2.24) is 5.32 Å². The Balaban J connectivity index is 2.56. The first-order chi connectivity index (χ1) is 6.08. The van der Waals surface area contributed by atoms with Gasteiger partial charge in [-0.3, -0.25) is 5.32 Å². The molecule has 0 aliphatic heterocycles. The Morgan fingerprint density at radius 2 is 2.00 bits per heavy atom. The molecule has 0 aromatic rings. The molecule has 1 amide bonds. The molecule has 0 aromatic heterocycles. The zero-order valence-electron chi connectivity index (χ0n) is 8.59. The monoisotopic (exact) mass is 187 g/mol. The SMILES string of the molecule is CCOC1(NC(=O)OC)[C@H](C)[C@@H]1C. The summed E-state index contributed by atoms with van der Waals surface area (Å²) in [4.78, 5) is 11.0. The molecular weight excluding hydrogens is 170 g/mol. The first-order valence-electron chi connectivity index (χ1n) is 4.58. The summed E-state index contributed by atoms with van der Waals surface area (Å²) >= 11 is 0. The van der Waals surface area contributed by atoms with Gasteiger partial charge in [-0.25, -0.2) is 4.79 Å². The van der Waals surface area contributed by atoms with Crippen LogP contribution in [0.4, 0.5) is 4.79 Å². The fourth-order valence-electron chi connectivity index (χ4n) is 1.71. The average molecular weight is 187 g/mol. The van der Waals surface area contributed by atoms with Crippen LogP contribution in [0.1, 0.15) is 20.8 Å². The number of carbonyl (C=O) groups excluding carboxylic acids is 1. The minimum atomic E-state index is -0.484. The van der Waals surface area contributed by atoms with Crippen molar-refractivity contribution in [3.8, 4) is 0 Å². The molecule has 0 heterocycles. The van der Waals surface area contributed by atoms with E-state index in [0.29, 0.717) is 18.4 Å². The van der Waals surface area contributed by atoms with Crippen LogP contribution in [0, 0.1) is 11.8 Å². The van der Waals surface area contributed by atoms with E-state index in [1.807, 2.05) is 6.92 Å². The molecule has 1 fully saturated rings. The third-order valence-electron chi connectivity index (χ3n) is 2.86. The van der Waals surface area contributed by atoms with Gasteiger partial charge in [0, 0.05) is 18.4 Å². The highest BCUT2D eigenvalue weighted by molar-refractivity contribution is 5.68. The highest BCUT2D eigenvalue weighted by Gasteiger charge is 2.62. The average Bonchev–Trinajstić information content (AvgIpc) is 2.59. The van der Waals surface area contributed by atoms with Crippen LogP contribution in [0.15, 0.2) is 0 Å². The molecule has 13 heavy (non-hydrogen) atoms. The van der Waals surface area contributed by atoms with Crippen molar-refractivity contribution in [2.75, 3.05) is 13.7 Å². The lowest BCUT2D eigenvalue weighted by Crippen LogP contribution is -2.41. The van der Waals surface area contributed by atoms with E-state index in [-0.39, 0.29) is 0 Å². The molecule has 1 rings (SSSR count). The van der Waals surface area contributed by atoms with Crippen molar-refractivity contribution in [2.45, 2.75) is 26.5 Å². The summed E-state index contributed by atoms with van der Waals surface area (Å²) in [6, 6.07) is 0. The molecule has 1 unspecified atom stereocenters. The Kier molecular flexibility index (Phi) is 2.81. The fraction of sp³-hybridized carbons (Fsp3) is 0.889. The first-order valence-corrected chi connectivity index (χ1v) is 4.58. The van der Waals surface area contributed by atoms with Crippen LogP contribution in [0.2, 0.25) is 0 Å². The summed E-state index contributed by atoms with van der Waals surface area (Å²) in [5.74, 6) is 0.707. The Morgan fingerprint density at radius 3 is 2.31 bits per heavy atom. The maximum atomic E-state index is 11.0. The molecule has 1 saturated carbocycles. The second-order valence-corrected chi connectivity index (χ2v) is 3.42. The molecule has 0 saturated heterocycles. The molecule has 3 atom stereocenters. The fourth-order valence-corrected chi connectivity index (χ4v) is 1.71. The van der Waals surface area contributed by atoms with Crippen molar-refractivity contribution in [3.05, 3.63) is 0 Å². The van der Waals surface area contributed by atoms with Gasteiger partial charge in [-0.2, -0.15) is 0 Å². The van der Waals surface area contributed by atoms with Crippen molar-refractivity contribution < 1.29 is 14.3 Å². The van der Waals surface area contributed by atoms with Gasteiger partial charge >= 0.3 is 6.09 Å². The molecule has 0 aromatic carbocycles. The van der Waals surface area contributed by atoms with Gasteiger partial charge in [-0.05, 0) is 6.92 Å². The lowest BCUT2D eigenvalue weighted by Gasteiger charge is -2.18. The Labute approximate surface area is 78.6 Å². The molecule has 4 nitrogen and oxygen atoms in total. The Hall–Kier alpha value is -0.770. The van der Waals surface area contributed by atoms with Crippen LogP contribution in [0.5, 0.6) is 0 Å². The number of nitrogens with one attached hydrogen (secondary N) is 1. The third kappa shape index (κ3) is 1.63. The minimum Gasteiger partial charge on any atom is -0.453 e. The van der Waals surface area contributed by atoms with Crippen LogP contribution in [0.3, 0.4) is 0 Å². The highest BCUT2D eigenvalue weighted by Crippen LogP contribution is 2.50. The smallest absolute Gasteiger partial charge is 0.409 e. The van der Waals surface area contributed by atoms with Crippen LogP contribution < -0.4 is 5.32 Å². The maximum Gasteiger partial charge on any atom is 0.409 e. The van der Waals surface area contributed by atoms with Crippen LogP contribution in [-0.4, -0.2) is 25.5 Å². The topological polar surface area (TPSA) is 47.6 Å². The van der Waals surface area contributed by atoms with E-state index in [9.17, 15) is 4.79 Å². The Bertz CT molecular complexity index is 197. The minimum absolute atomic E-state index is 0.353. The van der Waals surface area contributed by atoms with Gasteiger partial charge in [0.25, 0.3) is 0 Å². The van der Waals surface area contributed by atoms with Crippen LogP contribution in [0.25, 0.3) is 0 Å². The number of methoxy groups -OCH3 is 1. The number of amides is 1. The van der Waals surface area contributed by atoms with Crippen molar-refractivity contribution >= 4 is 6.09 Å². The van der Waals surface area contributed by atoms with Gasteiger partial charge in [0.05, 0.1) is 7.11 Å². The molecular formula is C9H17NO3. The predicted octanol–water partition coefficient (Wildman–Crippen LogP) is 1.36. The van der Waals surface area contributed by atoms with E-state index in [0.717, 1.165) is 0 Å². The number of ether oxygens (including phenoxy) is 2. The summed E-state index contributed by atoms with van der Waals surface area (Å²) in [5.41, 5.74) is -0.484. The summed E-state index contributed by atoms with van der Waals surface area (Å²) in [6.45, 7) is 6.61.